The lowest BCUT2D eigenvalue weighted by Crippen LogP contribution is -2.49. The first-order chi connectivity index (χ1) is 12.1. The molecular formula is C19H12F6O. The van der Waals surface area contributed by atoms with Crippen molar-refractivity contribution in [3.05, 3.63) is 84.1 Å². The Hall–Kier alpha value is -2.70. The summed E-state index contributed by atoms with van der Waals surface area (Å²) in [4.78, 5) is 0. The molecule has 2 aromatic rings. The highest BCUT2D eigenvalue weighted by molar-refractivity contribution is 5.79. The summed E-state index contributed by atoms with van der Waals surface area (Å²) in [6, 6.07) is 13.6. The van der Waals surface area contributed by atoms with Gasteiger partial charge in [-0.15, -0.1) is 0 Å². The molecule has 0 saturated carbocycles. The molecule has 0 bridgehead atoms. The second kappa shape index (κ2) is 5.93. The van der Waals surface area contributed by atoms with Gasteiger partial charge in [0.25, 0.3) is 0 Å². The highest BCUT2D eigenvalue weighted by atomic mass is 19.3. The second-order valence-corrected chi connectivity index (χ2v) is 5.68. The average molecular weight is 370 g/mol. The summed E-state index contributed by atoms with van der Waals surface area (Å²) in [7, 11) is 0. The van der Waals surface area contributed by atoms with Crippen molar-refractivity contribution in [3.8, 4) is 0 Å². The Morgan fingerprint density at radius 2 is 1.23 bits per heavy atom. The Balaban J connectivity index is 2.17. The van der Waals surface area contributed by atoms with Crippen molar-refractivity contribution in [1.82, 2.24) is 0 Å². The van der Waals surface area contributed by atoms with Crippen LogP contribution in [0.2, 0.25) is 0 Å². The van der Waals surface area contributed by atoms with Gasteiger partial charge < -0.3 is 4.74 Å². The van der Waals surface area contributed by atoms with E-state index in [1.165, 1.54) is 42.5 Å². The summed E-state index contributed by atoms with van der Waals surface area (Å²) in [5, 5.41) is 0. The van der Waals surface area contributed by atoms with Crippen LogP contribution in [0.4, 0.5) is 26.3 Å². The minimum atomic E-state index is -5.64. The summed E-state index contributed by atoms with van der Waals surface area (Å²) in [5.74, 6) is -18.2. The van der Waals surface area contributed by atoms with Crippen molar-refractivity contribution in [3.63, 3.8) is 0 Å². The van der Waals surface area contributed by atoms with Gasteiger partial charge in [-0.3, -0.25) is 0 Å². The number of alkyl halides is 6. The van der Waals surface area contributed by atoms with Gasteiger partial charge in [0, 0.05) is 5.56 Å². The van der Waals surface area contributed by atoms with Gasteiger partial charge >= 0.3 is 17.8 Å². The zero-order chi connectivity index (χ0) is 19.2. The van der Waals surface area contributed by atoms with Gasteiger partial charge in [-0.05, 0) is 5.56 Å². The minimum Gasteiger partial charge on any atom is -0.455 e. The summed E-state index contributed by atoms with van der Waals surface area (Å²) < 4.78 is 89.6. The van der Waals surface area contributed by atoms with Crippen LogP contribution in [0.3, 0.4) is 0 Å². The highest BCUT2D eigenvalue weighted by Gasteiger charge is 2.81. The lowest BCUT2D eigenvalue weighted by molar-refractivity contribution is -0.265. The predicted molar refractivity (Wildman–Crippen MR) is 84.8 cm³/mol. The molecule has 0 fully saturated rings. The number of hydrogen-bond donors (Lipinski definition) is 0. The maximum absolute atomic E-state index is 14.3. The van der Waals surface area contributed by atoms with Gasteiger partial charge in [-0.1, -0.05) is 67.2 Å². The molecule has 7 heteroatoms. The minimum absolute atomic E-state index is 0.196. The number of benzene rings is 2. The van der Waals surface area contributed by atoms with Crippen molar-refractivity contribution in [2.45, 2.75) is 17.8 Å². The second-order valence-electron chi connectivity index (χ2n) is 5.68. The van der Waals surface area contributed by atoms with E-state index in [9.17, 15) is 26.3 Å². The van der Waals surface area contributed by atoms with E-state index in [2.05, 4.69) is 6.58 Å². The van der Waals surface area contributed by atoms with E-state index in [0.717, 1.165) is 12.1 Å². The molecule has 0 N–H and O–H groups in total. The number of halogens is 6. The van der Waals surface area contributed by atoms with Gasteiger partial charge in [-0.25, -0.2) is 0 Å². The standard InChI is InChI=1S/C19H12F6O/c1-12(13-8-4-2-5-9-13)26-16-15(14-10-6-3-7-11-14)17(20,21)19(24,25)18(16,22)23/h2-11H,1H2. The zero-order valence-electron chi connectivity index (χ0n) is 13.2. The fourth-order valence-corrected chi connectivity index (χ4v) is 2.63. The van der Waals surface area contributed by atoms with Crippen LogP contribution in [-0.2, 0) is 4.74 Å². The normalized spacial score (nSPS) is 20.1. The van der Waals surface area contributed by atoms with Crippen molar-refractivity contribution in [2.24, 2.45) is 0 Å². The Morgan fingerprint density at radius 1 is 0.731 bits per heavy atom. The fraction of sp³-hybridized carbons (Fsp3) is 0.158. The third-order valence-electron chi connectivity index (χ3n) is 4.00. The molecule has 3 rings (SSSR count). The van der Waals surface area contributed by atoms with Crippen molar-refractivity contribution in [2.75, 3.05) is 0 Å². The summed E-state index contributed by atoms with van der Waals surface area (Å²) in [5.41, 5.74) is -1.84. The monoisotopic (exact) mass is 370 g/mol. The number of rotatable bonds is 4. The van der Waals surface area contributed by atoms with E-state index in [1.807, 2.05) is 0 Å². The largest absolute Gasteiger partial charge is 0.455 e. The fourth-order valence-electron chi connectivity index (χ4n) is 2.63. The first-order valence-electron chi connectivity index (χ1n) is 7.47. The van der Waals surface area contributed by atoms with Crippen molar-refractivity contribution in [1.29, 1.82) is 0 Å². The van der Waals surface area contributed by atoms with Gasteiger partial charge in [-0.2, -0.15) is 26.3 Å². The van der Waals surface area contributed by atoms with E-state index in [4.69, 9.17) is 4.74 Å². The van der Waals surface area contributed by atoms with Crippen LogP contribution in [0, 0.1) is 0 Å². The molecule has 0 unspecified atom stereocenters. The number of allylic oxidation sites excluding steroid dienone is 2. The van der Waals surface area contributed by atoms with E-state index in [-0.39, 0.29) is 5.56 Å². The lowest BCUT2D eigenvalue weighted by atomic mass is 10.0. The SMILES string of the molecule is C=C(OC1=C(c2ccccc2)C(F)(F)C(F)(F)C1(F)F)c1ccccc1. The molecule has 0 amide bonds. The Labute approximate surface area is 145 Å². The molecule has 0 atom stereocenters. The first kappa shape index (κ1) is 18.1. The summed E-state index contributed by atoms with van der Waals surface area (Å²) >= 11 is 0. The molecular weight excluding hydrogens is 358 g/mol. The summed E-state index contributed by atoms with van der Waals surface area (Å²) in [6.07, 6.45) is 0. The quantitative estimate of drug-likeness (QED) is 0.473. The van der Waals surface area contributed by atoms with Crippen molar-refractivity contribution >= 4 is 11.3 Å². The molecule has 0 heterocycles. The molecule has 26 heavy (non-hydrogen) atoms. The van der Waals surface area contributed by atoms with Crippen LogP contribution < -0.4 is 0 Å². The average Bonchev–Trinajstić information content (AvgIpc) is 2.71. The molecule has 136 valence electrons. The van der Waals surface area contributed by atoms with Gasteiger partial charge in [0.1, 0.15) is 5.76 Å². The van der Waals surface area contributed by atoms with Crippen LogP contribution in [0.15, 0.2) is 73.0 Å². The molecule has 1 aliphatic carbocycles. The smallest absolute Gasteiger partial charge is 0.384 e. The highest BCUT2D eigenvalue weighted by Crippen LogP contribution is 2.62. The lowest BCUT2D eigenvalue weighted by Gasteiger charge is -2.25. The van der Waals surface area contributed by atoms with E-state index in [1.54, 1.807) is 6.07 Å². The molecule has 0 spiro atoms. The molecule has 0 aromatic heterocycles. The van der Waals surface area contributed by atoms with Crippen LogP contribution in [-0.4, -0.2) is 17.8 Å². The molecule has 2 aromatic carbocycles. The van der Waals surface area contributed by atoms with Crippen LogP contribution in [0.5, 0.6) is 0 Å². The van der Waals surface area contributed by atoms with Gasteiger partial charge in [0.2, 0.25) is 0 Å². The van der Waals surface area contributed by atoms with Crippen LogP contribution in [0.25, 0.3) is 11.3 Å². The Bertz CT molecular complexity index is 856. The molecule has 1 nitrogen and oxygen atoms in total. The molecule has 0 saturated heterocycles. The van der Waals surface area contributed by atoms with Gasteiger partial charge in [0.05, 0.1) is 5.57 Å². The molecule has 0 aliphatic heterocycles. The topological polar surface area (TPSA) is 9.23 Å². The summed E-state index contributed by atoms with van der Waals surface area (Å²) in [6.45, 7) is 3.40. The third kappa shape index (κ3) is 2.50. The predicted octanol–water partition coefficient (Wildman–Crippen LogP) is 6.00. The Morgan fingerprint density at radius 3 is 1.77 bits per heavy atom. The maximum Gasteiger partial charge on any atom is 0.384 e. The van der Waals surface area contributed by atoms with Gasteiger partial charge in [0.15, 0.2) is 5.76 Å². The van der Waals surface area contributed by atoms with Crippen LogP contribution >= 0.6 is 0 Å². The zero-order valence-corrected chi connectivity index (χ0v) is 13.2. The molecule has 0 radical (unpaired) electrons. The third-order valence-corrected chi connectivity index (χ3v) is 4.00. The van der Waals surface area contributed by atoms with E-state index >= 15 is 0 Å². The maximum atomic E-state index is 14.3. The first-order valence-corrected chi connectivity index (χ1v) is 7.47. The van der Waals surface area contributed by atoms with Crippen molar-refractivity contribution < 1.29 is 31.1 Å². The number of ether oxygens (including phenoxy) is 1. The Kier molecular flexibility index (Phi) is 4.13. The number of hydrogen-bond acceptors (Lipinski definition) is 1. The van der Waals surface area contributed by atoms with E-state index < -0.39 is 40.4 Å². The molecule has 1 aliphatic rings. The van der Waals surface area contributed by atoms with E-state index in [0.29, 0.717) is 0 Å². The van der Waals surface area contributed by atoms with Crippen LogP contribution in [0.1, 0.15) is 11.1 Å².